The first kappa shape index (κ1) is 11.2. The first-order valence-corrected chi connectivity index (χ1v) is 6.25. The molecule has 3 rings (SSSR count). The number of piperidine rings is 1. The topological polar surface area (TPSA) is 38.0 Å². The molecule has 4 heteroatoms. The lowest BCUT2D eigenvalue weighted by atomic mass is 9.86. The van der Waals surface area contributed by atoms with Gasteiger partial charge in [-0.15, -0.1) is 0 Å². The third-order valence-corrected chi connectivity index (χ3v) is 3.68. The number of hydrogen-bond acceptors (Lipinski definition) is 3. The monoisotopic (exact) mass is 241 g/mol. The molecule has 92 valence electrons. The Morgan fingerprint density at radius 2 is 1.94 bits per heavy atom. The molecule has 1 spiro atoms. The highest BCUT2D eigenvalue weighted by molar-refractivity contribution is 6.01. The van der Waals surface area contributed by atoms with Gasteiger partial charge in [0.25, 0.3) is 0 Å². The quantitative estimate of drug-likeness (QED) is 0.767. The van der Waals surface area contributed by atoms with Gasteiger partial charge in [-0.2, -0.15) is 0 Å². The molecule has 0 aromatic heterocycles. The smallest absolute Gasteiger partial charge is 0.187 e. The SMILES string of the molecule is [C-]#[N+]c1ccc(C2=NOC3(CCNCC3)C2)cc1. The Bertz CT molecular complexity index is 507. The van der Waals surface area contributed by atoms with Crippen molar-refractivity contribution in [3.63, 3.8) is 0 Å². The second-order valence-corrected chi connectivity index (χ2v) is 4.90. The van der Waals surface area contributed by atoms with E-state index in [-0.39, 0.29) is 5.60 Å². The Hall–Kier alpha value is -1.86. The van der Waals surface area contributed by atoms with Crippen molar-refractivity contribution in [1.29, 1.82) is 0 Å². The molecule has 0 amide bonds. The van der Waals surface area contributed by atoms with E-state index in [0.29, 0.717) is 5.69 Å². The highest BCUT2D eigenvalue weighted by atomic mass is 16.7. The van der Waals surface area contributed by atoms with Gasteiger partial charge in [-0.1, -0.05) is 29.4 Å². The average Bonchev–Trinajstić information content (AvgIpc) is 2.83. The zero-order valence-electron chi connectivity index (χ0n) is 10.1. The van der Waals surface area contributed by atoms with Gasteiger partial charge in [0.1, 0.15) is 5.60 Å². The summed E-state index contributed by atoms with van der Waals surface area (Å²) >= 11 is 0. The normalized spacial score (nSPS) is 21.2. The van der Waals surface area contributed by atoms with Crippen LogP contribution in [0.1, 0.15) is 24.8 Å². The van der Waals surface area contributed by atoms with Crippen molar-refractivity contribution in [1.82, 2.24) is 5.32 Å². The molecule has 0 unspecified atom stereocenters. The van der Waals surface area contributed by atoms with Crippen LogP contribution in [0.3, 0.4) is 0 Å². The highest BCUT2D eigenvalue weighted by Crippen LogP contribution is 2.34. The highest BCUT2D eigenvalue weighted by Gasteiger charge is 2.40. The number of rotatable bonds is 1. The molecule has 2 heterocycles. The molecule has 0 atom stereocenters. The van der Waals surface area contributed by atoms with Crippen LogP contribution in [0.4, 0.5) is 5.69 Å². The van der Waals surface area contributed by atoms with E-state index in [1.54, 1.807) is 0 Å². The maximum Gasteiger partial charge on any atom is 0.187 e. The molecule has 1 aromatic carbocycles. The molecule has 18 heavy (non-hydrogen) atoms. The molecule has 0 saturated carbocycles. The minimum atomic E-state index is -0.0843. The number of oxime groups is 1. The van der Waals surface area contributed by atoms with E-state index in [9.17, 15) is 0 Å². The first-order chi connectivity index (χ1) is 8.81. The summed E-state index contributed by atoms with van der Waals surface area (Å²) in [5.41, 5.74) is 2.65. The Kier molecular flexibility index (Phi) is 2.77. The molecule has 1 saturated heterocycles. The van der Waals surface area contributed by atoms with Crippen molar-refractivity contribution in [3.05, 3.63) is 41.2 Å². The summed E-state index contributed by atoms with van der Waals surface area (Å²) in [4.78, 5) is 9.08. The van der Waals surface area contributed by atoms with E-state index in [4.69, 9.17) is 11.4 Å². The van der Waals surface area contributed by atoms with E-state index >= 15 is 0 Å². The molecule has 4 nitrogen and oxygen atoms in total. The lowest BCUT2D eigenvalue weighted by Crippen LogP contribution is -2.42. The van der Waals surface area contributed by atoms with Crippen molar-refractivity contribution >= 4 is 11.4 Å². The third-order valence-electron chi connectivity index (χ3n) is 3.68. The first-order valence-electron chi connectivity index (χ1n) is 6.25. The lowest BCUT2D eigenvalue weighted by Gasteiger charge is -2.30. The maximum atomic E-state index is 6.94. The number of benzene rings is 1. The molecule has 0 bridgehead atoms. The van der Waals surface area contributed by atoms with E-state index in [0.717, 1.165) is 43.6 Å². The summed E-state index contributed by atoms with van der Waals surface area (Å²) in [6.45, 7) is 8.94. The van der Waals surface area contributed by atoms with Crippen LogP contribution in [-0.4, -0.2) is 24.4 Å². The van der Waals surface area contributed by atoms with Gasteiger partial charge >= 0.3 is 0 Å². The minimum Gasteiger partial charge on any atom is -0.388 e. The third kappa shape index (κ3) is 1.98. The summed E-state index contributed by atoms with van der Waals surface area (Å²) in [5.74, 6) is 0. The number of hydrogen-bond donors (Lipinski definition) is 1. The Morgan fingerprint density at radius 1 is 1.22 bits per heavy atom. The van der Waals surface area contributed by atoms with E-state index in [1.807, 2.05) is 24.3 Å². The van der Waals surface area contributed by atoms with Crippen molar-refractivity contribution in [3.8, 4) is 0 Å². The van der Waals surface area contributed by atoms with Crippen LogP contribution in [0.15, 0.2) is 29.4 Å². The number of nitrogens with zero attached hydrogens (tertiary/aromatic N) is 2. The molecule has 2 aliphatic heterocycles. The van der Waals surface area contributed by atoms with Crippen LogP contribution < -0.4 is 5.32 Å². The van der Waals surface area contributed by atoms with Gasteiger partial charge in [0.15, 0.2) is 5.69 Å². The van der Waals surface area contributed by atoms with Crippen molar-refractivity contribution in [2.75, 3.05) is 13.1 Å². The molecule has 0 aliphatic carbocycles. The Balaban J connectivity index is 1.76. The van der Waals surface area contributed by atoms with Crippen molar-refractivity contribution < 1.29 is 4.84 Å². The summed E-state index contributed by atoms with van der Waals surface area (Å²) < 4.78 is 0. The van der Waals surface area contributed by atoms with Crippen LogP contribution in [-0.2, 0) is 4.84 Å². The zero-order chi connectivity index (χ0) is 12.4. The fraction of sp³-hybridized carbons (Fsp3) is 0.429. The fourth-order valence-electron chi connectivity index (χ4n) is 2.56. The van der Waals surface area contributed by atoms with E-state index < -0.39 is 0 Å². The van der Waals surface area contributed by atoms with Crippen LogP contribution >= 0.6 is 0 Å². The predicted octanol–water partition coefficient (Wildman–Crippen LogP) is 2.48. The van der Waals surface area contributed by atoms with E-state index in [2.05, 4.69) is 15.3 Å². The molecule has 1 fully saturated rings. The lowest BCUT2D eigenvalue weighted by molar-refractivity contribution is -0.0400. The molecule has 0 radical (unpaired) electrons. The van der Waals surface area contributed by atoms with Gasteiger partial charge in [-0.3, -0.25) is 0 Å². The predicted molar refractivity (Wildman–Crippen MR) is 69.8 cm³/mol. The van der Waals surface area contributed by atoms with Gasteiger partial charge in [0, 0.05) is 19.3 Å². The standard InChI is InChI=1S/C14H15N3O/c1-15-12-4-2-11(3-5-12)13-10-14(18-17-13)6-8-16-9-7-14/h2-5,16H,6-10H2. The zero-order valence-corrected chi connectivity index (χ0v) is 10.1. The summed E-state index contributed by atoms with van der Waals surface area (Å²) in [6, 6.07) is 7.57. The van der Waals surface area contributed by atoms with Crippen LogP contribution in [0.25, 0.3) is 4.85 Å². The van der Waals surface area contributed by atoms with Gasteiger partial charge in [-0.25, -0.2) is 4.85 Å². The van der Waals surface area contributed by atoms with Crippen LogP contribution in [0.2, 0.25) is 0 Å². The molecule has 1 N–H and O–H groups in total. The second kappa shape index (κ2) is 4.43. The average molecular weight is 241 g/mol. The molecule has 1 aromatic rings. The second-order valence-electron chi connectivity index (χ2n) is 4.90. The van der Waals surface area contributed by atoms with Crippen LogP contribution in [0, 0.1) is 6.57 Å². The summed E-state index contributed by atoms with van der Waals surface area (Å²) in [6.07, 6.45) is 2.91. The summed E-state index contributed by atoms with van der Waals surface area (Å²) in [7, 11) is 0. The fourth-order valence-corrected chi connectivity index (χ4v) is 2.56. The Morgan fingerprint density at radius 3 is 2.61 bits per heavy atom. The minimum absolute atomic E-state index is 0.0843. The molecular formula is C14H15N3O. The van der Waals surface area contributed by atoms with Crippen LogP contribution in [0.5, 0.6) is 0 Å². The largest absolute Gasteiger partial charge is 0.388 e. The maximum absolute atomic E-state index is 6.94. The summed E-state index contributed by atoms with van der Waals surface area (Å²) in [5, 5.41) is 7.59. The Labute approximate surface area is 106 Å². The van der Waals surface area contributed by atoms with Gasteiger partial charge in [0.05, 0.1) is 12.3 Å². The van der Waals surface area contributed by atoms with Gasteiger partial charge < -0.3 is 10.2 Å². The number of nitrogens with one attached hydrogen (secondary N) is 1. The van der Waals surface area contributed by atoms with Gasteiger partial charge in [0.2, 0.25) is 0 Å². The van der Waals surface area contributed by atoms with Crippen molar-refractivity contribution in [2.45, 2.75) is 24.9 Å². The van der Waals surface area contributed by atoms with Crippen molar-refractivity contribution in [2.24, 2.45) is 5.16 Å². The molecular weight excluding hydrogens is 226 g/mol. The van der Waals surface area contributed by atoms with Gasteiger partial charge in [-0.05, 0) is 18.7 Å². The molecule has 2 aliphatic rings. The van der Waals surface area contributed by atoms with E-state index in [1.165, 1.54) is 0 Å².